The number of rotatable bonds is 5. The number of hydrogen-bond donors (Lipinski definition) is 2. The van der Waals surface area contributed by atoms with Crippen molar-refractivity contribution in [1.29, 1.82) is 5.41 Å². The first-order valence-electron chi connectivity index (χ1n) is 18.6. The van der Waals surface area contributed by atoms with E-state index in [9.17, 15) is 5.41 Å². The molecule has 0 fully saturated rings. The molecule has 0 amide bonds. The van der Waals surface area contributed by atoms with Crippen LogP contribution in [0.25, 0.3) is 83.4 Å². The summed E-state index contributed by atoms with van der Waals surface area (Å²) in [6.45, 7) is 0. The Morgan fingerprint density at radius 1 is 0.643 bits per heavy atom. The van der Waals surface area contributed by atoms with E-state index in [-0.39, 0.29) is 0 Å². The molecule has 6 nitrogen and oxygen atoms in total. The number of nitrogens with zero attached hydrogens (tertiary/aromatic N) is 4. The SMILES string of the molecule is N=C1C(c2cccc3c2cc(Cc2ccccc2)c2ccccc23)=Cc2c(c3ccccc3n2-c2nc(-c3ccccc3)nc3c2oc2ccccc23)C1=NS. The molecule has 56 heavy (non-hydrogen) atoms. The summed E-state index contributed by atoms with van der Waals surface area (Å²) in [5, 5.41) is 16.2. The lowest BCUT2D eigenvalue weighted by molar-refractivity contribution is 0.661. The van der Waals surface area contributed by atoms with Gasteiger partial charge in [0.05, 0.1) is 16.9 Å². The average Bonchev–Trinajstić information content (AvgIpc) is 3.79. The molecule has 3 aromatic heterocycles. The molecular formula is C49H31N5OS. The van der Waals surface area contributed by atoms with Crippen molar-refractivity contribution in [3.8, 4) is 17.2 Å². The highest BCUT2D eigenvalue weighted by Gasteiger charge is 2.32. The second kappa shape index (κ2) is 12.8. The van der Waals surface area contributed by atoms with Gasteiger partial charge in [-0.2, -0.15) is 0 Å². The Morgan fingerprint density at radius 3 is 2.11 bits per heavy atom. The zero-order valence-corrected chi connectivity index (χ0v) is 30.8. The molecule has 0 saturated heterocycles. The van der Waals surface area contributed by atoms with E-state index in [2.05, 4.69) is 119 Å². The average molecular weight is 738 g/mol. The maximum absolute atomic E-state index is 9.78. The summed E-state index contributed by atoms with van der Waals surface area (Å²) in [5.74, 6) is 1.20. The van der Waals surface area contributed by atoms with Crippen molar-refractivity contribution < 1.29 is 4.42 Å². The lowest BCUT2D eigenvalue weighted by Gasteiger charge is -2.21. The number of para-hydroxylation sites is 2. The summed E-state index contributed by atoms with van der Waals surface area (Å²) in [4.78, 5) is 10.4. The molecule has 7 heteroatoms. The van der Waals surface area contributed by atoms with E-state index < -0.39 is 0 Å². The minimum Gasteiger partial charge on any atom is -0.450 e. The van der Waals surface area contributed by atoms with Crippen LogP contribution in [0.5, 0.6) is 0 Å². The van der Waals surface area contributed by atoms with Gasteiger partial charge in [0.1, 0.15) is 16.8 Å². The van der Waals surface area contributed by atoms with Crippen LogP contribution < -0.4 is 0 Å². The minimum absolute atomic E-state index is 0.308. The maximum atomic E-state index is 9.78. The second-order valence-electron chi connectivity index (χ2n) is 14.2. The molecule has 1 aliphatic rings. The van der Waals surface area contributed by atoms with Gasteiger partial charge in [0, 0.05) is 27.5 Å². The number of allylic oxidation sites excluding steroid dienone is 1. The van der Waals surface area contributed by atoms with Crippen LogP contribution in [0, 0.1) is 5.41 Å². The van der Waals surface area contributed by atoms with Crippen LogP contribution in [-0.2, 0) is 6.42 Å². The molecule has 264 valence electrons. The van der Waals surface area contributed by atoms with Gasteiger partial charge < -0.3 is 4.42 Å². The van der Waals surface area contributed by atoms with Crippen molar-refractivity contribution in [2.45, 2.75) is 6.42 Å². The van der Waals surface area contributed by atoms with Crippen LogP contribution in [0.3, 0.4) is 0 Å². The number of furan rings is 1. The van der Waals surface area contributed by atoms with Crippen molar-refractivity contribution >= 4 is 90.4 Å². The van der Waals surface area contributed by atoms with Gasteiger partial charge in [-0.1, -0.05) is 133 Å². The molecule has 0 radical (unpaired) electrons. The highest BCUT2D eigenvalue weighted by Crippen LogP contribution is 2.43. The molecule has 3 heterocycles. The molecule has 0 unspecified atom stereocenters. The molecule has 0 aliphatic heterocycles. The van der Waals surface area contributed by atoms with Gasteiger partial charge in [0.15, 0.2) is 17.2 Å². The van der Waals surface area contributed by atoms with Gasteiger partial charge in [-0.15, -0.1) is 0 Å². The van der Waals surface area contributed by atoms with Crippen LogP contribution in [0.15, 0.2) is 167 Å². The van der Waals surface area contributed by atoms with Gasteiger partial charge in [-0.3, -0.25) is 9.98 Å². The Bertz CT molecular complexity index is 3300. The van der Waals surface area contributed by atoms with Crippen molar-refractivity contribution in [2.24, 2.45) is 4.40 Å². The molecule has 0 saturated carbocycles. The smallest absolute Gasteiger partial charge is 0.197 e. The number of benzene rings is 7. The highest BCUT2D eigenvalue weighted by atomic mass is 32.1. The predicted molar refractivity (Wildman–Crippen MR) is 233 cm³/mol. The molecule has 1 aliphatic carbocycles. The van der Waals surface area contributed by atoms with Gasteiger partial charge in [-0.05, 0) is 87.8 Å². The summed E-state index contributed by atoms with van der Waals surface area (Å²) in [6, 6.07) is 54.1. The third-order valence-electron chi connectivity index (χ3n) is 11.0. The van der Waals surface area contributed by atoms with Crippen LogP contribution in [0.1, 0.15) is 27.9 Å². The fraction of sp³-hybridized carbons (Fsp3) is 0.0204. The molecule has 7 aromatic carbocycles. The molecule has 1 N–H and O–H groups in total. The largest absolute Gasteiger partial charge is 0.450 e. The third-order valence-corrected chi connectivity index (χ3v) is 11.2. The van der Waals surface area contributed by atoms with E-state index in [1.54, 1.807) is 0 Å². The van der Waals surface area contributed by atoms with Crippen LogP contribution in [0.2, 0.25) is 0 Å². The number of thiol groups is 1. The number of fused-ring (bicyclic) bond motifs is 9. The normalized spacial score (nSPS) is 13.7. The first kappa shape index (κ1) is 32.3. The third kappa shape index (κ3) is 4.91. The molecule has 11 rings (SSSR count). The summed E-state index contributed by atoms with van der Waals surface area (Å²) in [6.07, 6.45) is 2.91. The Kier molecular flexibility index (Phi) is 7.37. The number of nitrogens with one attached hydrogen (secondary N) is 1. The predicted octanol–water partition coefficient (Wildman–Crippen LogP) is 12.1. The minimum atomic E-state index is 0.308. The van der Waals surface area contributed by atoms with Gasteiger partial charge in [0.2, 0.25) is 0 Å². The number of hydrogen-bond acceptors (Lipinski definition) is 6. The Balaban J connectivity index is 1.22. The second-order valence-corrected chi connectivity index (χ2v) is 14.4. The van der Waals surface area contributed by atoms with Crippen LogP contribution in [-0.4, -0.2) is 26.0 Å². The van der Waals surface area contributed by atoms with Crippen LogP contribution in [0.4, 0.5) is 0 Å². The monoisotopic (exact) mass is 737 g/mol. The Hall–Kier alpha value is -7.09. The number of aromatic nitrogens is 3. The van der Waals surface area contributed by atoms with Gasteiger partial charge in [-0.25, -0.2) is 14.4 Å². The summed E-state index contributed by atoms with van der Waals surface area (Å²) < 4.78 is 13.3. The van der Waals surface area contributed by atoms with Crippen molar-refractivity contribution in [2.75, 3.05) is 0 Å². The van der Waals surface area contributed by atoms with Crippen LogP contribution >= 0.6 is 12.8 Å². The summed E-state index contributed by atoms with van der Waals surface area (Å²) in [7, 11) is 0. The fourth-order valence-electron chi connectivity index (χ4n) is 8.49. The van der Waals surface area contributed by atoms with Gasteiger partial charge >= 0.3 is 0 Å². The van der Waals surface area contributed by atoms with E-state index in [0.717, 1.165) is 72.5 Å². The summed E-state index contributed by atoms with van der Waals surface area (Å²) >= 11 is 4.54. The van der Waals surface area contributed by atoms with E-state index in [0.29, 0.717) is 28.6 Å². The van der Waals surface area contributed by atoms with Crippen molar-refractivity contribution in [3.63, 3.8) is 0 Å². The molecule has 0 bridgehead atoms. The molecular weight excluding hydrogens is 707 g/mol. The molecule has 0 atom stereocenters. The maximum Gasteiger partial charge on any atom is 0.197 e. The Morgan fingerprint density at radius 2 is 1.30 bits per heavy atom. The fourth-order valence-corrected chi connectivity index (χ4v) is 8.69. The highest BCUT2D eigenvalue weighted by molar-refractivity contribution is 7.79. The standard InChI is InChI=1S/C49H31N5OS/c50-44-39(35-23-13-22-34-33-19-8-7-18-32(33)31(27-38(34)35)26-29-14-3-1-4-15-29)28-41-43(46(44)53-56)36-20-9-11-24-40(36)54(41)49-47-45(37-21-10-12-25-42(37)55-47)51-48(52-49)30-16-5-2-6-17-30/h1-25,27-28,50,56H,26H2. The molecule has 0 spiro atoms. The van der Waals surface area contributed by atoms with E-state index >= 15 is 0 Å². The zero-order valence-electron chi connectivity index (χ0n) is 29.9. The quantitative estimate of drug-likeness (QED) is 0.136. The topological polar surface area (TPSA) is 80.1 Å². The first-order valence-corrected chi connectivity index (χ1v) is 19.0. The Labute approximate surface area is 327 Å². The lowest BCUT2D eigenvalue weighted by Crippen LogP contribution is -2.21. The van der Waals surface area contributed by atoms with Gasteiger partial charge in [0.25, 0.3) is 0 Å². The van der Waals surface area contributed by atoms with Crippen molar-refractivity contribution in [1.82, 2.24) is 14.5 Å². The van der Waals surface area contributed by atoms with E-state index in [4.69, 9.17) is 14.4 Å². The first-order chi connectivity index (χ1) is 27.7. The lowest BCUT2D eigenvalue weighted by atomic mass is 9.84. The van der Waals surface area contributed by atoms with E-state index in [1.165, 1.54) is 21.9 Å². The zero-order chi connectivity index (χ0) is 37.3. The molecule has 10 aromatic rings. The summed E-state index contributed by atoms with van der Waals surface area (Å²) in [5.41, 5.74) is 10.5. The van der Waals surface area contributed by atoms with Crippen molar-refractivity contribution in [3.05, 3.63) is 186 Å². The van der Waals surface area contributed by atoms with E-state index in [1.807, 2.05) is 66.7 Å².